The molecular weight excluding hydrogens is 270 g/mol. The third-order valence-corrected chi connectivity index (χ3v) is 4.64. The molecule has 2 heteroatoms. The third kappa shape index (κ3) is 2.96. The second-order valence-electron chi connectivity index (χ2n) is 6.13. The molecule has 0 radical (unpaired) electrons. The molecule has 116 valence electrons. The number of rotatable bonds is 5. The minimum absolute atomic E-state index is 0.350. The Morgan fingerprint density at radius 1 is 1.18 bits per heavy atom. The van der Waals surface area contributed by atoms with Crippen LogP contribution in [0.25, 0.3) is 0 Å². The number of hydrogen-bond acceptors (Lipinski definition) is 2. The van der Waals surface area contributed by atoms with E-state index in [0.29, 0.717) is 18.6 Å². The van der Waals surface area contributed by atoms with Crippen molar-refractivity contribution >= 4 is 5.69 Å². The lowest BCUT2D eigenvalue weighted by Gasteiger charge is -2.13. The van der Waals surface area contributed by atoms with Crippen LogP contribution in [0.4, 0.5) is 5.69 Å². The molecule has 0 amide bonds. The van der Waals surface area contributed by atoms with Gasteiger partial charge in [0.25, 0.3) is 0 Å². The highest BCUT2D eigenvalue weighted by Crippen LogP contribution is 2.37. The van der Waals surface area contributed by atoms with Crippen molar-refractivity contribution in [1.29, 1.82) is 0 Å². The van der Waals surface area contributed by atoms with Crippen molar-refractivity contribution in [2.75, 3.05) is 11.9 Å². The fraction of sp³-hybridized carbons (Fsp3) is 0.400. The zero-order chi connectivity index (χ0) is 15.5. The molecule has 0 aromatic heterocycles. The maximum Gasteiger partial charge on any atom is 0.119 e. The molecule has 1 aliphatic heterocycles. The lowest BCUT2D eigenvalue weighted by Crippen LogP contribution is -2.05. The number of ether oxygens (including phenoxy) is 1. The van der Waals surface area contributed by atoms with Crippen LogP contribution in [0.1, 0.15) is 55.8 Å². The van der Waals surface area contributed by atoms with E-state index in [4.69, 9.17) is 4.74 Å². The average Bonchev–Trinajstić information content (AvgIpc) is 2.98. The molecule has 3 rings (SSSR count). The summed E-state index contributed by atoms with van der Waals surface area (Å²) in [5, 5.41) is 3.65. The molecule has 0 spiro atoms. The van der Waals surface area contributed by atoms with Crippen molar-refractivity contribution in [1.82, 2.24) is 0 Å². The maximum absolute atomic E-state index is 5.62. The van der Waals surface area contributed by atoms with Gasteiger partial charge in [-0.1, -0.05) is 38.1 Å². The Bertz CT molecular complexity index is 650. The molecule has 1 heterocycles. The SMILES string of the molecule is CCOc1cccc(C2Cc3cc(C(C)CC)ccc3N2)c1. The molecule has 1 N–H and O–H groups in total. The minimum atomic E-state index is 0.350. The van der Waals surface area contributed by atoms with Gasteiger partial charge < -0.3 is 10.1 Å². The number of nitrogens with one attached hydrogen (secondary N) is 1. The fourth-order valence-corrected chi connectivity index (χ4v) is 3.11. The highest BCUT2D eigenvalue weighted by Gasteiger charge is 2.23. The Morgan fingerprint density at radius 3 is 2.82 bits per heavy atom. The molecule has 22 heavy (non-hydrogen) atoms. The Kier molecular flexibility index (Phi) is 4.37. The zero-order valence-electron chi connectivity index (χ0n) is 13.7. The lowest BCUT2D eigenvalue weighted by molar-refractivity contribution is 0.339. The third-order valence-electron chi connectivity index (χ3n) is 4.64. The summed E-state index contributed by atoms with van der Waals surface area (Å²) in [4.78, 5) is 0. The molecule has 2 unspecified atom stereocenters. The minimum Gasteiger partial charge on any atom is -0.494 e. The molecule has 2 nitrogen and oxygen atoms in total. The van der Waals surface area contributed by atoms with Crippen LogP contribution in [-0.2, 0) is 6.42 Å². The second kappa shape index (κ2) is 6.43. The van der Waals surface area contributed by atoms with Crippen LogP contribution in [0.15, 0.2) is 42.5 Å². The molecule has 0 fully saturated rings. The first-order valence-electron chi connectivity index (χ1n) is 8.33. The van der Waals surface area contributed by atoms with Gasteiger partial charge in [0.1, 0.15) is 5.75 Å². The largest absolute Gasteiger partial charge is 0.494 e. The second-order valence-corrected chi connectivity index (χ2v) is 6.13. The van der Waals surface area contributed by atoms with Gasteiger partial charge in [-0.2, -0.15) is 0 Å². The van der Waals surface area contributed by atoms with E-state index in [2.05, 4.69) is 55.6 Å². The molecule has 2 aromatic rings. The van der Waals surface area contributed by atoms with E-state index < -0.39 is 0 Å². The normalized spacial score (nSPS) is 17.7. The van der Waals surface area contributed by atoms with E-state index in [-0.39, 0.29) is 0 Å². The van der Waals surface area contributed by atoms with Gasteiger partial charge in [0.15, 0.2) is 0 Å². The van der Waals surface area contributed by atoms with E-state index in [1.165, 1.54) is 28.8 Å². The predicted octanol–water partition coefficient (Wildman–Crippen LogP) is 5.31. The molecule has 1 aliphatic rings. The van der Waals surface area contributed by atoms with Crippen LogP contribution < -0.4 is 10.1 Å². The molecule has 2 atom stereocenters. The quantitative estimate of drug-likeness (QED) is 0.807. The highest BCUT2D eigenvalue weighted by molar-refractivity contribution is 5.59. The van der Waals surface area contributed by atoms with Crippen LogP contribution in [0.5, 0.6) is 5.75 Å². The van der Waals surface area contributed by atoms with Crippen molar-refractivity contribution in [2.24, 2.45) is 0 Å². The van der Waals surface area contributed by atoms with Crippen LogP contribution in [-0.4, -0.2) is 6.61 Å². The van der Waals surface area contributed by atoms with Crippen molar-refractivity contribution in [3.8, 4) is 5.75 Å². The molecule has 2 aromatic carbocycles. The number of benzene rings is 2. The van der Waals surface area contributed by atoms with Crippen LogP contribution in [0.2, 0.25) is 0 Å². The number of fused-ring (bicyclic) bond motifs is 1. The maximum atomic E-state index is 5.62. The summed E-state index contributed by atoms with van der Waals surface area (Å²) in [7, 11) is 0. The van der Waals surface area contributed by atoms with Gasteiger partial charge in [0.2, 0.25) is 0 Å². The summed E-state index contributed by atoms with van der Waals surface area (Å²) >= 11 is 0. The van der Waals surface area contributed by atoms with Gasteiger partial charge in [0, 0.05) is 5.69 Å². The van der Waals surface area contributed by atoms with E-state index in [9.17, 15) is 0 Å². The van der Waals surface area contributed by atoms with Gasteiger partial charge in [0.05, 0.1) is 12.6 Å². The van der Waals surface area contributed by atoms with E-state index in [0.717, 1.165) is 12.2 Å². The molecular formula is C20H25NO. The van der Waals surface area contributed by atoms with Crippen LogP contribution in [0.3, 0.4) is 0 Å². The standard InChI is InChI=1S/C20H25NO/c1-4-14(3)15-9-10-19-17(11-15)13-20(21-19)16-7-6-8-18(12-16)22-5-2/h6-12,14,20-21H,4-5,13H2,1-3H3. The van der Waals surface area contributed by atoms with Crippen molar-refractivity contribution in [3.63, 3.8) is 0 Å². The van der Waals surface area contributed by atoms with Crippen molar-refractivity contribution < 1.29 is 4.74 Å². The average molecular weight is 295 g/mol. The molecule has 0 aliphatic carbocycles. The van der Waals surface area contributed by atoms with Gasteiger partial charge >= 0.3 is 0 Å². The van der Waals surface area contributed by atoms with Gasteiger partial charge in [-0.3, -0.25) is 0 Å². The Labute approximate surface area is 133 Å². The summed E-state index contributed by atoms with van der Waals surface area (Å²) in [5.74, 6) is 1.59. The summed E-state index contributed by atoms with van der Waals surface area (Å²) < 4.78 is 5.62. The highest BCUT2D eigenvalue weighted by atomic mass is 16.5. The fourth-order valence-electron chi connectivity index (χ4n) is 3.11. The van der Waals surface area contributed by atoms with Crippen LogP contribution in [0, 0.1) is 0 Å². The first kappa shape index (κ1) is 15.0. The summed E-state index contributed by atoms with van der Waals surface area (Å²) in [6.07, 6.45) is 2.24. The topological polar surface area (TPSA) is 21.3 Å². The van der Waals surface area contributed by atoms with Crippen molar-refractivity contribution in [2.45, 2.75) is 45.6 Å². The Morgan fingerprint density at radius 2 is 2.05 bits per heavy atom. The summed E-state index contributed by atoms with van der Waals surface area (Å²) in [6, 6.07) is 15.7. The lowest BCUT2D eigenvalue weighted by atomic mass is 9.95. The summed E-state index contributed by atoms with van der Waals surface area (Å²) in [5.41, 5.74) is 5.46. The van der Waals surface area contributed by atoms with E-state index >= 15 is 0 Å². The van der Waals surface area contributed by atoms with Crippen LogP contribution >= 0.6 is 0 Å². The zero-order valence-corrected chi connectivity index (χ0v) is 13.7. The Balaban J connectivity index is 1.80. The smallest absolute Gasteiger partial charge is 0.119 e. The summed E-state index contributed by atoms with van der Waals surface area (Å²) in [6.45, 7) is 7.28. The Hall–Kier alpha value is -1.96. The first-order valence-corrected chi connectivity index (χ1v) is 8.33. The predicted molar refractivity (Wildman–Crippen MR) is 92.8 cm³/mol. The van der Waals surface area contributed by atoms with Gasteiger partial charge in [-0.05, 0) is 60.6 Å². The van der Waals surface area contributed by atoms with E-state index in [1.807, 2.05) is 13.0 Å². The molecule has 0 bridgehead atoms. The first-order chi connectivity index (χ1) is 10.7. The van der Waals surface area contributed by atoms with E-state index in [1.54, 1.807) is 0 Å². The number of anilines is 1. The van der Waals surface area contributed by atoms with Crippen molar-refractivity contribution in [3.05, 3.63) is 59.2 Å². The monoisotopic (exact) mass is 295 g/mol. The number of hydrogen-bond donors (Lipinski definition) is 1. The molecule has 0 saturated carbocycles. The van der Waals surface area contributed by atoms with Gasteiger partial charge in [-0.15, -0.1) is 0 Å². The molecule has 0 saturated heterocycles. The van der Waals surface area contributed by atoms with Gasteiger partial charge in [-0.25, -0.2) is 0 Å².